The van der Waals surface area contributed by atoms with E-state index in [0.29, 0.717) is 25.8 Å². The summed E-state index contributed by atoms with van der Waals surface area (Å²) in [6, 6.07) is -4.50. The van der Waals surface area contributed by atoms with Crippen LogP contribution in [-0.4, -0.2) is 102 Å². The van der Waals surface area contributed by atoms with Crippen molar-refractivity contribution in [3.8, 4) is 0 Å². The Morgan fingerprint density at radius 3 is 2.30 bits per heavy atom. The minimum Gasteiger partial charge on any atom is -0.346 e. The second-order valence-electron chi connectivity index (χ2n) is 13.8. The molecule has 2 saturated heterocycles. The number of carbonyl (C=O) groups excluding carboxylic acids is 7. The van der Waals surface area contributed by atoms with Gasteiger partial charge < -0.3 is 31.5 Å². The molecule has 3 rings (SSSR count). The van der Waals surface area contributed by atoms with Crippen LogP contribution < -0.4 is 26.6 Å². The molecule has 14 nitrogen and oxygen atoms in total. The average molecular weight is 660 g/mol. The first-order chi connectivity index (χ1) is 22.3. The van der Waals surface area contributed by atoms with Crippen LogP contribution in [0.4, 0.5) is 9.59 Å². The number of nitrogens with zero attached hydrogens (tertiary/aromatic N) is 2. The van der Waals surface area contributed by atoms with E-state index in [1.54, 1.807) is 0 Å². The number of hydrogen-bond donors (Lipinski definition) is 5. The van der Waals surface area contributed by atoms with Gasteiger partial charge in [0.15, 0.2) is 0 Å². The normalized spacial score (nSPS) is 20.6. The number of imide groups is 1. The van der Waals surface area contributed by atoms with Crippen molar-refractivity contribution < 1.29 is 33.6 Å². The predicted molar refractivity (Wildman–Crippen MR) is 175 cm³/mol. The van der Waals surface area contributed by atoms with Gasteiger partial charge in [0, 0.05) is 13.1 Å². The van der Waals surface area contributed by atoms with Crippen LogP contribution >= 0.6 is 0 Å². The first-order valence-corrected chi connectivity index (χ1v) is 17.0. The second-order valence-corrected chi connectivity index (χ2v) is 13.8. The largest absolute Gasteiger partial charge is 0.346 e. The van der Waals surface area contributed by atoms with Gasteiger partial charge in [-0.2, -0.15) is 0 Å². The molecule has 3 aliphatic rings. The summed E-state index contributed by atoms with van der Waals surface area (Å²) < 4.78 is 0. The molecule has 0 aromatic rings. The molecule has 2 heterocycles. The van der Waals surface area contributed by atoms with Gasteiger partial charge in [0.1, 0.15) is 12.1 Å². The molecule has 14 heteroatoms. The zero-order valence-corrected chi connectivity index (χ0v) is 28.3. The molecule has 2 aliphatic heterocycles. The van der Waals surface area contributed by atoms with Crippen molar-refractivity contribution in [1.82, 2.24) is 36.4 Å². The highest BCUT2D eigenvalue weighted by Crippen LogP contribution is 2.30. The Morgan fingerprint density at radius 1 is 1.00 bits per heavy atom. The topological polar surface area (TPSA) is 186 Å². The van der Waals surface area contributed by atoms with Crippen molar-refractivity contribution >= 4 is 41.5 Å². The first kappa shape index (κ1) is 37.5. The van der Waals surface area contributed by atoms with Gasteiger partial charge in [-0.05, 0) is 43.4 Å². The van der Waals surface area contributed by atoms with Gasteiger partial charge in [-0.3, -0.25) is 28.9 Å². The van der Waals surface area contributed by atoms with Crippen LogP contribution in [0.1, 0.15) is 91.9 Å². The fraction of sp³-hybridized carbons (Fsp3) is 0.727. The average Bonchev–Trinajstić information content (AvgIpc) is 3.66. The number of urea groups is 2. The second kappa shape index (κ2) is 17.3. The van der Waals surface area contributed by atoms with Crippen LogP contribution in [-0.2, 0) is 24.0 Å². The van der Waals surface area contributed by atoms with Crippen molar-refractivity contribution in [2.45, 2.75) is 116 Å². The van der Waals surface area contributed by atoms with Crippen molar-refractivity contribution in [3.05, 3.63) is 12.7 Å². The molecule has 3 fully saturated rings. The highest BCUT2D eigenvalue weighted by atomic mass is 16.2. The van der Waals surface area contributed by atoms with E-state index in [2.05, 4.69) is 33.2 Å². The number of unbranched alkanes of at least 4 members (excludes halogenated alkanes) is 1. The molecule has 8 amide bonds. The van der Waals surface area contributed by atoms with E-state index >= 15 is 0 Å². The quantitative estimate of drug-likeness (QED) is 0.101. The minimum absolute atomic E-state index is 0.0263. The van der Waals surface area contributed by atoms with Crippen LogP contribution in [0.25, 0.3) is 0 Å². The smallest absolute Gasteiger partial charge is 0.324 e. The lowest BCUT2D eigenvalue weighted by molar-refractivity contribution is -0.143. The number of nitrogens with one attached hydrogen (secondary N) is 5. The molecule has 0 spiro atoms. The molecular formula is C33H53N7O7. The molecule has 0 radical (unpaired) electrons. The summed E-state index contributed by atoms with van der Waals surface area (Å²) in [7, 11) is 0. The van der Waals surface area contributed by atoms with Gasteiger partial charge in [-0.15, -0.1) is 6.58 Å². The zero-order chi connectivity index (χ0) is 34.7. The van der Waals surface area contributed by atoms with E-state index < -0.39 is 59.2 Å². The number of likely N-dealkylation sites (tertiary alicyclic amines) is 1. The number of carbonyl (C=O) groups is 7. The van der Waals surface area contributed by atoms with Crippen LogP contribution in [0.5, 0.6) is 0 Å². The lowest BCUT2D eigenvalue weighted by Gasteiger charge is -2.37. The summed E-state index contributed by atoms with van der Waals surface area (Å²) in [6.45, 7) is 11.4. The molecule has 1 saturated carbocycles. The molecule has 4 atom stereocenters. The predicted octanol–water partition coefficient (Wildman–Crippen LogP) is 1.74. The Bertz CT molecular complexity index is 1180. The van der Waals surface area contributed by atoms with Gasteiger partial charge >= 0.3 is 12.1 Å². The van der Waals surface area contributed by atoms with Crippen molar-refractivity contribution in [2.75, 3.05) is 26.2 Å². The lowest BCUT2D eigenvalue weighted by atomic mass is 9.83. The summed E-state index contributed by atoms with van der Waals surface area (Å²) in [5.74, 6) is -2.94. The molecule has 0 bridgehead atoms. The Morgan fingerprint density at radius 2 is 1.70 bits per heavy atom. The van der Waals surface area contributed by atoms with Crippen LogP contribution in [0, 0.1) is 11.3 Å². The fourth-order valence-corrected chi connectivity index (χ4v) is 6.39. The molecule has 47 heavy (non-hydrogen) atoms. The monoisotopic (exact) mass is 659 g/mol. The summed E-state index contributed by atoms with van der Waals surface area (Å²) in [5.41, 5.74) is -0.530. The zero-order valence-electron chi connectivity index (χ0n) is 28.3. The van der Waals surface area contributed by atoms with Crippen LogP contribution in [0.15, 0.2) is 12.7 Å². The Kier molecular flexibility index (Phi) is 13.8. The Labute approximate surface area is 277 Å². The lowest BCUT2D eigenvalue weighted by Crippen LogP contribution is -2.61. The van der Waals surface area contributed by atoms with Crippen molar-refractivity contribution in [2.24, 2.45) is 11.3 Å². The van der Waals surface area contributed by atoms with E-state index in [-0.39, 0.29) is 43.8 Å². The number of hydrogen-bond acceptors (Lipinski definition) is 7. The highest BCUT2D eigenvalue weighted by molar-refractivity contribution is 6.38. The maximum Gasteiger partial charge on any atom is 0.324 e. The first-order valence-electron chi connectivity index (χ1n) is 17.0. The third-order valence-corrected chi connectivity index (χ3v) is 9.28. The highest BCUT2D eigenvalue weighted by Gasteiger charge is 2.42. The Hall–Kier alpha value is -3.97. The summed E-state index contributed by atoms with van der Waals surface area (Å²) >= 11 is 0. The van der Waals surface area contributed by atoms with Gasteiger partial charge in [-0.25, -0.2) is 9.59 Å². The van der Waals surface area contributed by atoms with E-state index in [9.17, 15) is 33.6 Å². The molecular weight excluding hydrogens is 606 g/mol. The van der Waals surface area contributed by atoms with Gasteiger partial charge in [0.2, 0.25) is 23.5 Å². The molecule has 0 aromatic heterocycles. The van der Waals surface area contributed by atoms with Crippen molar-refractivity contribution in [3.63, 3.8) is 0 Å². The molecule has 0 aromatic carbocycles. The number of ketones is 1. The molecule has 5 N–H and O–H groups in total. The summed E-state index contributed by atoms with van der Waals surface area (Å²) in [5, 5.41) is 13.5. The number of rotatable bonds is 15. The molecule has 262 valence electrons. The SMILES string of the molecule is C=CCNC(=O)C(=O)C(CCCC)NC(=O)[C@@H]1CCCN1C(=O)[C@@H](NC(=O)N[C@H](CN1C(=O)CNC1=O)C(C)(C)C)C1CCCCC1. The van der Waals surface area contributed by atoms with Gasteiger partial charge in [0.25, 0.3) is 5.91 Å². The molecule has 1 unspecified atom stereocenters. The molecule has 1 aliphatic carbocycles. The fourth-order valence-electron chi connectivity index (χ4n) is 6.39. The van der Waals surface area contributed by atoms with Crippen LogP contribution in [0.3, 0.4) is 0 Å². The number of Topliss-reactive ketones (excluding diaryl/α,β-unsaturated/α-hetero) is 1. The minimum atomic E-state index is -1.03. The maximum atomic E-state index is 14.2. The third kappa shape index (κ3) is 10.3. The number of amides is 8. The summed E-state index contributed by atoms with van der Waals surface area (Å²) in [4.78, 5) is 93.7. The van der Waals surface area contributed by atoms with Crippen molar-refractivity contribution in [1.29, 1.82) is 0 Å². The maximum absolute atomic E-state index is 14.2. The van der Waals surface area contributed by atoms with Crippen LogP contribution in [0.2, 0.25) is 0 Å². The van der Waals surface area contributed by atoms with E-state index in [0.717, 1.165) is 43.4 Å². The Balaban J connectivity index is 1.76. The van der Waals surface area contributed by atoms with E-state index in [1.165, 1.54) is 11.0 Å². The third-order valence-electron chi connectivity index (χ3n) is 9.28. The van der Waals surface area contributed by atoms with Gasteiger partial charge in [0.05, 0.1) is 25.2 Å². The standard InChI is InChI=1S/C33H53N7O7/c1-6-8-15-22(27(42)29(44)34-17-7-2)36-28(43)23-16-12-18-39(23)30(45)26(21-13-10-9-11-14-21)38-31(46)37-24(33(3,4)5)20-40-25(41)19-35-32(40)47/h7,21-24,26H,2,6,8-20H2,1,3-5H3,(H,34,44)(H,35,47)(H,36,43)(H2,37,38,46)/t22?,23-,24+,26-/m0/s1. The van der Waals surface area contributed by atoms with E-state index in [4.69, 9.17) is 0 Å². The van der Waals surface area contributed by atoms with E-state index in [1.807, 2.05) is 27.7 Å². The van der Waals surface area contributed by atoms with Gasteiger partial charge in [-0.1, -0.05) is 65.9 Å². The summed E-state index contributed by atoms with van der Waals surface area (Å²) in [6.07, 6.45) is 8.40.